The molecule has 76 valence electrons. The van der Waals surface area contributed by atoms with Crippen molar-refractivity contribution in [3.63, 3.8) is 0 Å². The maximum Gasteiger partial charge on any atom is 0.257 e. The molecule has 0 aromatic carbocycles. The monoisotopic (exact) mass is 213 g/mol. The first-order chi connectivity index (χ1) is 6.72. The molecule has 2 rings (SSSR count). The molecule has 0 atom stereocenters. The van der Waals surface area contributed by atoms with E-state index in [-0.39, 0.29) is 5.91 Å². The Hall–Kier alpha value is -0.960. The zero-order valence-corrected chi connectivity index (χ0v) is 8.75. The van der Waals surface area contributed by atoms with Gasteiger partial charge in [0.15, 0.2) is 0 Å². The van der Waals surface area contributed by atoms with E-state index in [1.807, 2.05) is 0 Å². The van der Waals surface area contributed by atoms with Gasteiger partial charge in [-0.3, -0.25) is 4.79 Å². The van der Waals surface area contributed by atoms with Gasteiger partial charge in [-0.05, 0) is 13.0 Å². The number of hydrogen-bond acceptors (Lipinski definition) is 2. The molecule has 0 aliphatic carbocycles. The highest BCUT2D eigenvalue weighted by Crippen LogP contribution is 2.21. The molecule has 0 unspecified atom stereocenters. The third-order valence-electron chi connectivity index (χ3n) is 2.55. The van der Waals surface area contributed by atoms with Crippen LogP contribution < -0.4 is 0 Å². The third kappa shape index (κ3) is 1.52. The van der Waals surface area contributed by atoms with Crippen LogP contribution in [0.1, 0.15) is 16.1 Å². The van der Waals surface area contributed by atoms with Crippen LogP contribution in [-0.4, -0.2) is 29.8 Å². The largest absolute Gasteiger partial charge is 0.469 e. The van der Waals surface area contributed by atoms with Gasteiger partial charge >= 0.3 is 0 Å². The van der Waals surface area contributed by atoms with Crippen LogP contribution in [0.3, 0.4) is 0 Å². The van der Waals surface area contributed by atoms with Gasteiger partial charge in [-0.25, -0.2) is 0 Å². The predicted octanol–water partition coefficient (Wildman–Crippen LogP) is 1.90. The molecule has 3 nitrogen and oxygen atoms in total. The summed E-state index contributed by atoms with van der Waals surface area (Å²) < 4.78 is 5.08. The summed E-state index contributed by atoms with van der Waals surface area (Å²) in [7, 11) is 0. The van der Waals surface area contributed by atoms with Gasteiger partial charge in [-0.2, -0.15) is 0 Å². The minimum absolute atomic E-state index is 0.0533. The fraction of sp³-hybridized carbons (Fsp3) is 0.500. The quantitative estimate of drug-likeness (QED) is 0.704. The standard InChI is InChI=1S/C10H12ClNO2/c1-7-9(2-3-14-7)10(13)12-5-8(4-11)6-12/h2-3,8H,4-6H2,1H3. The van der Waals surface area contributed by atoms with Crippen LogP contribution in [-0.2, 0) is 0 Å². The van der Waals surface area contributed by atoms with Crippen molar-refractivity contribution < 1.29 is 9.21 Å². The molecule has 1 amide bonds. The molecule has 1 aromatic heterocycles. The second-order valence-corrected chi connectivity index (χ2v) is 3.93. The highest BCUT2D eigenvalue weighted by Gasteiger charge is 2.31. The molecule has 1 aliphatic heterocycles. The number of aryl methyl sites for hydroxylation is 1. The average molecular weight is 214 g/mol. The van der Waals surface area contributed by atoms with E-state index in [0.717, 1.165) is 13.1 Å². The topological polar surface area (TPSA) is 33.5 Å². The Morgan fingerprint density at radius 2 is 2.43 bits per heavy atom. The molecule has 0 bridgehead atoms. The van der Waals surface area contributed by atoms with Gasteiger partial charge in [0, 0.05) is 24.9 Å². The Labute approximate surface area is 87.6 Å². The van der Waals surface area contributed by atoms with E-state index in [4.69, 9.17) is 16.0 Å². The lowest BCUT2D eigenvalue weighted by Gasteiger charge is -2.38. The number of alkyl halides is 1. The summed E-state index contributed by atoms with van der Waals surface area (Å²) >= 11 is 5.67. The number of likely N-dealkylation sites (tertiary alicyclic amines) is 1. The van der Waals surface area contributed by atoms with Crippen molar-refractivity contribution in [3.8, 4) is 0 Å². The normalized spacial score (nSPS) is 16.9. The van der Waals surface area contributed by atoms with Crippen molar-refractivity contribution in [2.24, 2.45) is 5.92 Å². The molecule has 0 spiro atoms. The van der Waals surface area contributed by atoms with Gasteiger partial charge < -0.3 is 9.32 Å². The maximum absolute atomic E-state index is 11.8. The second kappa shape index (κ2) is 3.65. The molecular formula is C10H12ClNO2. The van der Waals surface area contributed by atoms with Crippen molar-refractivity contribution in [2.75, 3.05) is 19.0 Å². The van der Waals surface area contributed by atoms with Crippen LogP contribution in [0.5, 0.6) is 0 Å². The zero-order chi connectivity index (χ0) is 10.1. The molecule has 1 fully saturated rings. The SMILES string of the molecule is Cc1occc1C(=O)N1CC(CCl)C1. The number of amides is 1. The van der Waals surface area contributed by atoms with Gasteiger partial charge in [0.1, 0.15) is 5.76 Å². The fourth-order valence-corrected chi connectivity index (χ4v) is 1.81. The minimum atomic E-state index is 0.0533. The van der Waals surface area contributed by atoms with E-state index >= 15 is 0 Å². The van der Waals surface area contributed by atoms with E-state index in [1.54, 1.807) is 24.2 Å². The molecule has 2 heterocycles. The summed E-state index contributed by atoms with van der Waals surface area (Å²) in [5.41, 5.74) is 0.665. The van der Waals surface area contributed by atoms with Crippen molar-refractivity contribution in [1.29, 1.82) is 0 Å². The lowest BCUT2D eigenvalue weighted by atomic mass is 10.0. The molecule has 0 radical (unpaired) electrons. The molecule has 1 aliphatic rings. The number of rotatable bonds is 2. The predicted molar refractivity (Wildman–Crippen MR) is 53.6 cm³/mol. The van der Waals surface area contributed by atoms with E-state index in [0.29, 0.717) is 23.1 Å². The third-order valence-corrected chi connectivity index (χ3v) is 2.99. The van der Waals surface area contributed by atoms with Crippen molar-refractivity contribution >= 4 is 17.5 Å². The van der Waals surface area contributed by atoms with E-state index in [1.165, 1.54) is 0 Å². The zero-order valence-electron chi connectivity index (χ0n) is 8.00. The molecule has 0 saturated carbocycles. The van der Waals surface area contributed by atoms with Crippen molar-refractivity contribution in [3.05, 3.63) is 23.7 Å². The van der Waals surface area contributed by atoms with Crippen LogP contribution >= 0.6 is 11.6 Å². The lowest BCUT2D eigenvalue weighted by Crippen LogP contribution is -2.50. The first-order valence-electron chi connectivity index (χ1n) is 4.61. The summed E-state index contributed by atoms with van der Waals surface area (Å²) in [5, 5.41) is 0. The maximum atomic E-state index is 11.8. The average Bonchev–Trinajstić information content (AvgIpc) is 2.49. The van der Waals surface area contributed by atoms with E-state index in [9.17, 15) is 4.79 Å². The van der Waals surface area contributed by atoms with Crippen molar-refractivity contribution in [1.82, 2.24) is 4.90 Å². The van der Waals surface area contributed by atoms with E-state index < -0.39 is 0 Å². The minimum Gasteiger partial charge on any atom is -0.469 e. The second-order valence-electron chi connectivity index (χ2n) is 3.62. The molecule has 0 N–H and O–H groups in total. The first kappa shape index (κ1) is 9.59. The molecule has 14 heavy (non-hydrogen) atoms. The fourth-order valence-electron chi connectivity index (χ4n) is 1.61. The highest BCUT2D eigenvalue weighted by atomic mass is 35.5. The van der Waals surface area contributed by atoms with Gasteiger partial charge in [-0.1, -0.05) is 0 Å². The first-order valence-corrected chi connectivity index (χ1v) is 5.15. The molecule has 4 heteroatoms. The molecule has 1 aromatic rings. The smallest absolute Gasteiger partial charge is 0.257 e. The Balaban J connectivity index is 2.01. The Bertz CT molecular complexity index is 342. The number of carbonyl (C=O) groups excluding carboxylic acids is 1. The summed E-state index contributed by atoms with van der Waals surface area (Å²) in [6, 6.07) is 1.71. The van der Waals surface area contributed by atoms with Crippen LogP contribution in [0, 0.1) is 12.8 Å². The van der Waals surface area contributed by atoms with Crippen LogP contribution in [0.2, 0.25) is 0 Å². The lowest BCUT2D eigenvalue weighted by molar-refractivity contribution is 0.0534. The van der Waals surface area contributed by atoms with Crippen LogP contribution in [0.25, 0.3) is 0 Å². The van der Waals surface area contributed by atoms with Gasteiger partial charge in [0.2, 0.25) is 0 Å². The van der Waals surface area contributed by atoms with Gasteiger partial charge in [0.05, 0.1) is 11.8 Å². The molecule has 1 saturated heterocycles. The summed E-state index contributed by atoms with van der Waals surface area (Å²) in [5.74, 6) is 1.84. The van der Waals surface area contributed by atoms with Crippen LogP contribution in [0.15, 0.2) is 16.7 Å². The number of furan rings is 1. The van der Waals surface area contributed by atoms with E-state index in [2.05, 4.69) is 0 Å². The Morgan fingerprint density at radius 1 is 1.71 bits per heavy atom. The number of halogens is 1. The summed E-state index contributed by atoms with van der Waals surface area (Å²) in [6.07, 6.45) is 1.54. The van der Waals surface area contributed by atoms with Gasteiger partial charge in [0.25, 0.3) is 5.91 Å². The van der Waals surface area contributed by atoms with Crippen molar-refractivity contribution in [2.45, 2.75) is 6.92 Å². The number of hydrogen-bond donors (Lipinski definition) is 0. The van der Waals surface area contributed by atoms with Crippen LogP contribution in [0.4, 0.5) is 0 Å². The summed E-state index contributed by atoms with van der Waals surface area (Å²) in [4.78, 5) is 13.6. The molecular weight excluding hydrogens is 202 g/mol. The summed E-state index contributed by atoms with van der Waals surface area (Å²) in [6.45, 7) is 3.34. The Kier molecular flexibility index (Phi) is 2.50. The van der Waals surface area contributed by atoms with Gasteiger partial charge in [-0.15, -0.1) is 11.6 Å². The number of carbonyl (C=O) groups is 1. The Morgan fingerprint density at radius 3 is 2.93 bits per heavy atom. The number of nitrogens with zero attached hydrogens (tertiary/aromatic N) is 1. The highest BCUT2D eigenvalue weighted by molar-refractivity contribution is 6.18.